The smallest absolute Gasteiger partial charge is 0.169 e. The topological polar surface area (TPSA) is 36.9 Å². The van der Waals surface area contributed by atoms with E-state index in [2.05, 4.69) is 62.4 Å². The van der Waals surface area contributed by atoms with E-state index in [0.29, 0.717) is 13.2 Å². The lowest BCUT2D eigenvalue weighted by Gasteiger charge is -2.45. The third-order valence-corrected chi connectivity index (χ3v) is 7.61. The largest absolute Gasteiger partial charge is 0.373 e. The van der Waals surface area contributed by atoms with E-state index < -0.39 is 5.79 Å². The summed E-state index contributed by atoms with van der Waals surface area (Å²) in [5.41, 5.74) is 2.38. The number of hydrogen-bond donors (Lipinski definition) is 0. The molecule has 2 aliphatic carbocycles. The van der Waals surface area contributed by atoms with Crippen molar-refractivity contribution in [3.8, 4) is 0 Å². The number of hydrogen-bond acceptors (Lipinski definition) is 4. The molecule has 4 nitrogen and oxygen atoms in total. The van der Waals surface area contributed by atoms with Crippen LogP contribution in [-0.2, 0) is 32.2 Å². The molecule has 0 radical (unpaired) electrons. The maximum Gasteiger partial charge on any atom is 0.169 e. The van der Waals surface area contributed by atoms with Crippen LogP contribution >= 0.6 is 0 Å². The van der Waals surface area contributed by atoms with Gasteiger partial charge in [-0.15, -0.1) is 0 Å². The fourth-order valence-electron chi connectivity index (χ4n) is 5.88. The highest BCUT2D eigenvalue weighted by Gasteiger charge is 2.59. The molecule has 3 aliphatic rings. The SMILES string of the molecule is C[C@@H]1C(OCc2ccccc2)C2OC3(CCCCC3)O[C@@H]2[C@H](C)C1OCc1ccccc1. The highest BCUT2D eigenvalue weighted by Crippen LogP contribution is 2.49. The molecule has 4 heteroatoms. The van der Waals surface area contributed by atoms with Crippen molar-refractivity contribution < 1.29 is 18.9 Å². The molecule has 1 saturated heterocycles. The molecular formula is C28H36O4. The summed E-state index contributed by atoms with van der Waals surface area (Å²) in [7, 11) is 0. The molecule has 0 amide bonds. The van der Waals surface area contributed by atoms with E-state index in [1.807, 2.05) is 12.1 Å². The standard InChI is InChI=1S/C28H36O4/c1-20-24(29-18-22-12-6-3-7-13-22)21(2)26-27(32-28(31-26)16-10-5-11-17-28)25(20)30-19-23-14-8-4-9-15-23/h3-4,6-9,12-15,20-21,24-27H,5,10-11,16-19H2,1-2H3/t20-,21+,24?,25?,26+,27?/m0/s1. The molecule has 1 heterocycles. The van der Waals surface area contributed by atoms with Gasteiger partial charge in [0, 0.05) is 24.7 Å². The Labute approximate surface area is 192 Å². The highest BCUT2D eigenvalue weighted by atomic mass is 16.8. The number of rotatable bonds is 6. The molecule has 3 unspecified atom stereocenters. The van der Waals surface area contributed by atoms with Gasteiger partial charge >= 0.3 is 0 Å². The first kappa shape index (κ1) is 22.1. The Hall–Kier alpha value is -1.72. The Bertz CT molecular complexity index is 848. The quantitative estimate of drug-likeness (QED) is 0.566. The molecular weight excluding hydrogens is 400 g/mol. The van der Waals surface area contributed by atoms with Crippen molar-refractivity contribution in [3.63, 3.8) is 0 Å². The summed E-state index contributed by atoms with van der Waals surface area (Å²) in [5.74, 6) is 0.0298. The van der Waals surface area contributed by atoms with Crippen LogP contribution in [0.15, 0.2) is 60.7 Å². The Morgan fingerprint density at radius 2 is 1.22 bits per heavy atom. The summed E-state index contributed by atoms with van der Waals surface area (Å²) in [5, 5.41) is 0. The average Bonchev–Trinajstić information content (AvgIpc) is 3.19. The van der Waals surface area contributed by atoms with Gasteiger partial charge in [-0.25, -0.2) is 0 Å². The van der Waals surface area contributed by atoms with Gasteiger partial charge < -0.3 is 18.9 Å². The Morgan fingerprint density at radius 3 is 1.81 bits per heavy atom. The van der Waals surface area contributed by atoms with Crippen molar-refractivity contribution in [2.24, 2.45) is 11.8 Å². The first-order valence-electron chi connectivity index (χ1n) is 12.3. The number of benzene rings is 2. The predicted octanol–water partition coefficient (Wildman–Crippen LogP) is 5.89. The number of ether oxygens (including phenoxy) is 4. The lowest BCUT2D eigenvalue weighted by atomic mass is 9.74. The zero-order valence-corrected chi connectivity index (χ0v) is 19.3. The highest BCUT2D eigenvalue weighted by molar-refractivity contribution is 5.15. The summed E-state index contributed by atoms with van der Waals surface area (Å²) in [6.45, 7) is 5.71. The van der Waals surface area contributed by atoms with Gasteiger partial charge in [0.1, 0.15) is 6.10 Å². The van der Waals surface area contributed by atoms with Crippen molar-refractivity contribution in [2.75, 3.05) is 0 Å². The maximum atomic E-state index is 6.74. The molecule has 0 aromatic heterocycles. The molecule has 5 rings (SSSR count). The van der Waals surface area contributed by atoms with E-state index in [0.717, 1.165) is 12.8 Å². The monoisotopic (exact) mass is 436 g/mol. The molecule has 6 atom stereocenters. The lowest BCUT2D eigenvalue weighted by Crippen LogP contribution is -2.56. The van der Waals surface area contributed by atoms with Crippen molar-refractivity contribution in [1.82, 2.24) is 0 Å². The van der Waals surface area contributed by atoms with Crippen LogP contribution in [0.1, 0.15) is 57.1 Å². The van der Waals surface area contributed by atoms with Crippen molar-refractivity contribution in [1.29, 1.82) is 0 Å². The first-order chi connectivity index (χ1) is 15.7. The molecule has 1 aliphatic heterocycles. The minimum Gasteiger partial charge on any atom is -0.373 e. The van der Waals surface area contributed by atoms with Gasteiger partial charge in [0.15, 0.2) is 5.79 Å². The van der Waals surface area contributed by atoms with Crippen molar-refractivity contribution in [2.45, 2.75) is 89.4 Å². The predicted molar refractivity (Wildman–Crippen MR) is 124 cm³/mol. The van der Waals surface area contributed by atoms with Gasteiger partial charge in [0.05, 0.1) is 31.5 Å². The third kappa shape index (κ3) is 4.51. The second-order valence-electron chi connectivity index (χ2n) is 9.88. The lowest BCUT2D eigenvalue weighted by molar-refractivity contribution is -0.204. The summed E-state index contributed by atoms with van der Waals surface area (Å²) >= 11 is 0. The summed E-state index contributed by atoms with van der Waals surface area (Å²) < 4.78 is 26.6. The summed E-state index contributed by atoms with van der Waals surface area (Å²) in [6, 6.07) is 20.8. The van der Waals surface area contributed by atoms with Gasteiger partial charge in [0.25, 0.3) is 0 Å². The van der Waals surface area contributed by atoms with E-state index in [1.54, 1.807) is 0 Å². The Balaban J connectivity index is 1.36. The zero-order valence-electron chi connectivity index (χ0n) is 19.3. The normalized spacial score (nSPS) is 33.8. The minimum atomic E-state index is -0.426. The molecule has 2 aromatic carbocycles. The van der Waals surface area contributed by atoms with Crippen LogP contribution in [0.4, 0.5) is 0 Å². The second-order valence-corrected chi connectivity index (χ2v) is 9.88. The molecule has 2 aromatic rings. The molecule has 172 valence electrons. The maximum absolute atomic E-state index is 6.74. The van der Waals surface area contributed by atoms with E-state index >= 15 is 0 Å². The van der Waals surface area contributed by atoms with Crippen LogP contribution in [0.5, 0.6) is 0 Å². The van der Waals surface area contributed by atoms with E-state index in [-0.39, 0.29) is 36.3 Å². The van der Waals surface area contributed by atoms with Gasteiger partial charge in [0.2, 0.25) is 0 Å². The summed E-state index contributed by atoms with van der Waals surface area (Å²) in [4.78, 5) is 0. The molecule has 1 spiro atoms. The molecule has 2 saturated carbocycles. The van der Waals surface area contributed by atoms with Crippen LogP contribution < -0.4 is 0 Å². The van der Waals surface area contributed by atoms with E-state index in [4.69, 9.17) is 18.9 Å². The van der Waals surface area contributed by atoms with Crippen LogP contribution in [0.25, 0.3) is 0 Å². The average molecular weight is 437 g/mol. The summed E-state index contributed by atoms with van der Waals surface area (Å²) in [6.07, 6.45) is 5.55. The van der Waals surface area contributed by atoms with Gasteiger partial charge in [-0.3, -0.25) is 0 Å². The van der Waals surface area contributed by atoms with Crippen LogP contribution in [0, 0.1) is 11.8 Å². The fourth-order valence-corrected chi connectivity index (χ4v) is 5.88. The van der Waals surface area contributed by atoms with Gasteiger partial charge in [-0.2, -0.15) is 0 Å². The second kappa shape index (κ2) is 9.64. The van der Waals surface area contributed by atoms with Crippen molar-refractivity contribution >= 4 is 0 Å². The number of fused-ring (bicyclic) bond motifs is 1. The molecule has 0 N–H and O–H groups in total. The molecule has 3 fully saturated rings. The first-order valence-corrected chi connectivity index (χ1v) is 12.3. The van der Waals surface area contributed by atoms with Gasteiger partial charge in [-0.1, -0.05) is 80.9 Å². The minimum absolute atomic E-state index is 0.00541. The van der Waals surface area contributed by atoms with Crippen molar-refractivity contribution in [3.05, 3.63) is 71.8 Å². The van der Waals surface area contributed by atoms with Crippen LogP contribution in [0.2, 0.25) is 0 Å². The van der Waals surface area contributed by atoms with E-state index in [1.165, 1.54) is 30.4 Å². The Kier molecular flexibility index (Phi) is 6.66. The molecule has 32 heavy (non-hydrogen) atoms. The van der Waals surface area contributed by atoms with Gasteiger partial charge in [-0.05, 0) is 24.0 Å². The van der Waals surface area contributed by atoms with Crippen LogP contribution in [-0.4, -0.2) is 30.2 Å². The zero-order chi connectivity index (χ0) is 22.0. The van der Waals surface area contributed by atoms with E-state index in [9.17, 15) is 0 Å². The fraction of sp³-hybridized carbons (Fsp3) is 0.571. The Morgan fingerprint density at radius 1 is 0.688 bits per heavy atom. The van der Waals surface area contributed by atoms with Crippen LogP contribution in [0.3, 0.4) is 0 Å². The third-order valence-electron chi connectivity index (χ3n) is 7.61. The molecule has 0 bridgehead atoms.